The van der Waals surface area contributed by atoms with Crippen LogP contribution < -0.4 is 0 Å². The highest BCUT2D eigenvalue weighted by Crippen LogP contribution is 2.08. The molecule has 2 heteroatoms. The Labute approximate surface area is 89.7 Å². The molecule has 0 aliphatic heterocycles. The summed E-state index contributed by atoms with van der Waals surface area (Å²) < 4.78 is 7.66. The smallest absolute Gasteiger partial charge is 0.0598 e. The first-order chi connectivity index (χ1) is 5.56. The van der Waals surface area contributed by atoms with Gasteiger partial charge in [-0.1, -0.05) is 28.7 Å². The van der Waals surface area contributed by atoms with Crippen LogP contribution in [0.15, 0.2) is 10.2 Å². The lowest BCUT2D eigenvalue weighted by atomic mass is 10.2. The maximum Gasteiger partial charge on any atom is 0.0598 e. The molecule has 0 saturated carbocycles. The normalized spacial score (nSPS) is 12.7. The third-order valence-electron chi connectivity index (χ3n) is 1.39. The van der Waals surface area contributed by atoms with E-state index < -0.39 is 0 Å². The number of hydrogen-bond acceptors (Lipinski definition) is 1. The topological polar surface area (TPSA) is 9.23 Å². The van der Waals surface area contributed by atoms with Crippen LogP contribution in [0.25, 0.3) is 0 Å². The van der Waals surface area contributed by atoms with Gasteiger partial charge in [-0.2, -0.15) is 0 Å². The van der Waals surface area contributed by atoms with Crippen LogP contribution in [0.2, 0.25) is 0 Å². The molecule has 1 nitrogen and oxygen atoms in total. The molecule has 0 unspecified atom stereocenters. The van der Waals surface area contributed by atoms with E-state index in [9.17, 15) is 0 Å². The lowest BCUT2D eigenvalue weighted by molar-refractivity contribution is -0.00446. The van der Waals surface area contributed by atoms with Crippen molar-refractivity contribution in [1.82, 2.24) is 0 Å². The largest absolute Gasteiger partial charge is 0.376 e. The van der Waals surface area contributed by atoms with Crippen molar-refractivity contribution in [3.05, 3.63) is 10.2 Å². The highest BCUT2D eigenvalue weighted by Gasteiger charge is 2.08. The Bertz CT molecular complexity index is 124. The Balaban J connectivity index is 3.11. The van der Waals surface area contributed by atoms with Crippen LogP contribution >= 0.6 is 22.6 Å². The van der Waals surface area contributed by atoms with Gasteiger partial charge in [0.25, 0.3) is 0 Å². The van der Waals surface area contributed by atoms with E-state index in [2.05, 4.69) is 53.5 Å². The van der Waals surface area contributed by atoms with Crippen LogP contribution in [0.3, 0.4) is 0 Å². The van der Waals surface area contributed by atoms with Gasteiger partial charge in [0.15, 0.2) is 0 Å². The Morgan fingerprint density at radius 2 is 1.92 bits per heavy atom. The average Bonchev–Trinajstić information content (AvgIpc) is 1.94. The Kier molecular flexibility index (Phi) is 7.14. The van der Waals surface area contributed by atoms with Crippen molar-refractivity contribution in [3.63, 3.8) is 0 Å². The minimum atomic E-state index is 0.0269. The van der Waals surface area contributed by atoms with Gasteiger partial charge in [-0.15, -0.1) is 0 Å². The van der Waals surface area contributed by atoms with Gasteiger partial charge in [0, 0.05) is 6.61 Å². The third kappa shape index (κ3) is 10.4. The van der Waals surface area contributed by atoms with Gasteiger partial charge in [-0.05, 0) is 44.1 Å². The van der Waals surface area contributed by atoms with Crippen LogP contribution in [0.4, 0.5) is 0 Å². The molecule has 0 radical (unpaired) electrons. The summed E-state index contributed by atoms with van der Waals surface area (Å²) in [6.07, 6.45) is 5.77. The third-order valence-corrected chi connectivity index (χ3v) is 1.90. The number of allylic oxidation sites excluding steroid dienone is 1. The average molecular weight is 282 g/mol. The summed E-state index contributed by atoms with van der Waals surface area (Å²) in [6.45, 7) is 7.17. The van der Waals surface area contributed by atoms with Crippen LogP contribution in [0.1, 0.15) is 40.0 Å². The van der Waals surface area contributed by atoms with E-state index >= 15 is 0 Å². The van der Waals surface area contributed by atoms with E-state index in [-0.39, 0.29) is 5.60 Å². The minimum absolute atomic E-state index is 0.0269. The fourth-order valence-electron chi connectivity index (χ4n) is 0.806. The molecule has 0 spiro atoms. The number of halogens is 1. The second-order valence-electron chi connectivity index (χ2n) is 3.82. The summed E-state index contributed by atoms with van der Waals surface area (Å²) in [6, 6.07) is 0. The van der Waals surface area contributed by atoms with E-state index in [4.69, 9.17) is 4.74 Å². The van der Waals surface area contributed by atoms with Gasteiger partial charge in [-0.25, -0.2) is 0 Å². The van der Waals surface area contributed by atoms with Crippen LogP contribution in [0, 0.1) is 0 Å². The molecule has 0 atom stereocenters. The molecular formula is C10H19IO. The molecule has 0 heterocycles. The van der Waals surface area contributed by atoms with Crippen LogP contribution in [0.5, 0.6) is 0 Å². The number of ether oxygens (including phenoxy) is 1. The lowest BCUT2D eigenvalue weighted by Gasteiger charge is -2.19. The minimum Gasteiger partial charge on any atom is -0.376 e. The summed E-state index contributed by atoms with van der Waals surface area (Å²) in [7, 11) is 0. The van der Waals surface area contributed by atoms with E-state index in [1.54, 1.807) is 0 Å². The summed E-state index contributed by atoms with van der Waals surface area (Å²) in [5.41, 5.74) is 0.0269. The van der Waals surface area contributed by atoms with Crippen molar-refractivity contribution < 1.29 is 4.74 Å². The van der Waals surface area contributed by atoms with Crippen LogP contribution in [-0.4, -0.2) is 12.2 Å². The quantitative estimate of drug-likeness (QED) is 0.548. The highest BCUT2D eigenvalue weighted by molar-refractivity contribution is 14.1. The fraction of sp³-hybridized carbons (Fsp3) is 0.800. The second kappa shape index (κ2) is 6.89. The SMILES string of the molecule is CC(C)(C)OCCCC/C=C/I. The van der Waals surface area contributed by atoms with Gasteiger partial charge in [0.2, 0.25) is 0 Å². The number of rotatable bonds is 5. The highest BCUT2D eigenvalue weighted by atomic mass is 127. The van der Waals surface area contributed by atoms with Gasteiger partial charge >= 0.3 is 0 Å². The lowest BCUT2D eigenvalue weighted by Crippen LogP contribution is -2.19. The molecular weight excluding hydrogens is 263 g/mol. The maximum absolute atomic E-state index is 5.58. The number of hydrogen-bond donors (Lipinski definition) is 0. The summed E-state index contributed by atoms with van der Waals surface area (Å²) in [4.78, 5) is 0. The molecule has 0 amide bonds. The van der Waals surface area contributed by atoms with Gasteiger partial charge in [0.05, 0.1) is 5.60 Å². The molecule has 0 N–H and O–H groups in total. The first kappa shape index (κ1) is 12.4. The molecule has 0 aromatic heterocycles. The molecule has 0 aliphatic carbocycles. The second-order valence-corrected chi connectivity index (χ2v) is 4.54. The van der Waals surface area contributed by atoms with E-state index in [0.717, 1.165) is 13.0 Å². The first-order valence-corrected chi connectivity index (χ1v) is 5.70. The van der Waals surface area contributed by atoms with Crippen molar-refractivity contribution in [2.24, 2.45) is 0 Å². The zero-order valence-electron chi connectivity index (χ0n) is 8.27. The summed E-state index contributed by atoms with van der Waals surface area (Å²) >= 11 is 2.25. The maximum atomic E-state index is 5.58. The first-order valence-electron chi connectivity index (χ1n) is 4.45. The number of unbranched alkanes of at least 4 members (excludes halogenated alkanes) is 2. The zero-order valence-corrected chi connectivity index (χ0v) is 10.4. The molecule has 0 bridgehead atoms. The molecule has 0 fully saturated rings. The molecule has 0 saturated heterocycles. The molecule has 0 aromatic rings. The Morgan fingerprint density at radius 1 is 1.25 bits per heavy atom. The summed E-state index contributed by atoms with van der Waals surface area (Å²) in [5.74, 6) is 0. The summed E-state index contributed by atoms with van der Waals surface area (Å²) in [5, 5.41) is 0. The monoisotopic (exact) mass is 282 g/mol. The molecule has 12 heavy (non-hydrogen) atoms. The van der Waals surface area contributed by atoms with Crippen molar-refractivity contribution in [1.29, 1.82) is 0 Å². The van der Waals surface area contributed by atoms with Crippen molar-refractivity contribution in [3.8, 4) is 0 Å². The molecule has 0 aliphatic rings. The molecule has 0 aromatic carbocycles. The fourth-order valence-corrected chi connectivity index (χ4v) is 1.17. The molecule has 0 rings (SSSR count). The van der Waals surface area contributed by atoms with E-state index in [0.29, 0.717) is 0 Å². The zero-order chi connectivity index (χ0) is 9.45. The van der Waals surface area contributed by atoms with Gasteiger partial charge < -0.3 is 4.74 Å². The van der Waals surface area contributed by atoms with Gasteiger partial charge in [0.1, 0.15) is 0 Å². The van der Waals surface area contributed by atoms with Gasteiger partial charge in [-0.3, -0.25) is 0 Å². The van der Waals surface area contributed by atoms with E-state index in [1.807, 2.05) is 0 Å². The van der Waals surface area contributed by atoms with E-state index in [1.165, 1.54) is 12.8 Å². The van der Waals surface area contributed by atoms with Crippen molar-refractivity contribution in [2.45, 2.75) is 45.6 Å². The Morgan fingerprint density at radius 3 is 2.42 bits per heavy atom. The Hall–Kier alpha value is 0.430. The standard InChI is InChI=1S/C10H19IO/c1-10(2,3)12-9-7-5-4-6-8-11/h6,8H,4-5,7,9H2,1-3H3/b8-6+. The van der Waals surface area contributed by atoms with Crippen LogP contribution in [-0.2, 0) is 4.74 Å². The van der Waals surface area contributed by atoms with Crippen molar-refractivity contribution >= 4 is 22.6 Å². The van der Waals surface area contributed by atoms with Crippen molar-refractivity contribution in [2.75, 3.05) is 6.61 Å². The predicted molar refractivity (Wildman–Crippen MR) is 62.7 cm³/mol. The molecule has 72 valence electrons. The predicted octanol–water partition coefficient (Wildman–Crippen LogP) is 3.92.